The van der Waals surface area contributed by atoms with Gasteiger partial charge < -0.3 is 19.8 Å². The fourth-order valence-corrected chi connectivity index (χ4v) is 4.00. The molecular formula is C25H25Cl2N3O2. The number of nitrogens with zero attached hydrogens (tertiary/aromatic N) is 1. The number of methoxy groups -OCH3 is 1. The second kappa shape index (κ2) is 10.7. The summed E-state index contributed by atoms with van der Waals surface area (Å²) in [6.07, 6.45) is 1.86. The second-order valence-corrected chi connectivity index (χ2v) is 8.30. The zero-order valence-electron chi connectivity index (χ0n) is 17.8. The summed E-state index contributed by atoms with van der Waals surface area (Å²) in [5, 5.41) is 4.68. The summed E-state index contributed by atoms with van der Waals surface area (Å²) < 4.78 is 11.6. The van der Waals surface area contributed by atoms with Gasteiger partial charge in [0.25, 0.3) is 0 Å². The predicted molar refractivity (Wildman–Crippen MR) is 130 cm³/mol. The molecule has 0 saturated heterocycles. The lowest BCUT2D eigenvalue weighted by Gasteiger charge is -2.16. The normalized spacial score (nSPS) is 11.1. The van der Waals surface area contributed by atoms with Crippen LogP contribution in [0, 0.1) is 0 Å². The molecule has 4 rings (SSSR count). The summed E-state index contributed by atoms with van der Waals surface area (Å²) in [6.45, 7) is 1.85. The highest BCUT2D eigenvalue weighted by Gasteiger charge is 2.12. The first-order valence-electron chi connectivity index (χ1n) is 10.5. The van der Waals surface area contributed by atoms with Gasteiger partial charge in [0.05, 0.1) is 18.1 Å². The molecule has 0 fully saturated rings. The van der Waals surface area contributed by atoms with Gasteiger partial charge in [0.1, 0.15) is 12.4 Å². The van der Waals surface area contributed by atoms with E-state index in [4.69, 9.17) is 32.7 Å². The van der Waals surface area contributed by atoms with Gasteiger partial charge in [0.15, 0.2) is 11.5 Å². The van der Waals surface area contributed by atoms with Crippen LogP contribution < -0.4 is 14.8 Å². The van der Waals surface area contributed by atoms with E-state index < -0.39 is 0 Å². The van der Waals surface area contributed by atoms with Crippen LogP contribution in [-0.4, -0.2) is 23.6 Å². The molecular weight excluding hydrogens is 445 g/mol. The molecule has 1 aromatic heterocycles. The van der Waals surface area contributed by atoms with E-state index >= 15 is 0 Å². The minimum absolute atomic E-state index is 0.329. The van der Waals surface area contributed by atoms with Crippen LogP contribution >= 0.6 is 23.2 Å². The van der Waals surface area contributed by atoms with Gasteiger partial charge in [0, 0.05) is 34.1 Å². The lowest BCUT2D eigenvalue weighted by molar-refractivity contribution is 0.280. The number of fused-ring (bicyclic) bond motifs is 1. The third-order valence-corrected chi connectivity index (χ3v) is 5.78. The summed E-state index contributed by atoms with van der Waals surface area (Å²) in [5.41, 5.74) is 3.98. The van der Waals surface area contributed by atoms with Crippen molar-refractivity contribution in [2.24, 2.45) is 0 Å². The number of imidazole rings is 1. The largest absolute Gasteiger partial charge is 0.493 e. The zero-order chi connectivity index (χ0) is 22.3. The topological polar surface area (TPSA) is 59.2 Å². The number of hydrogen-bond donors (Lipinski definition) is 2. The third kappa shape index (κ3) is 5.54. The number of aromatic amines is 1. The molecule has 0 bridgehead atoms. The Kier molecular flexibility index (Phi) is 7.53. The van der Waals surface area contributed by atoms with Gasteiger partial charge in [-0.1, -0.05) is 53.5 Å². The van der Waals surface area contributed by atoms with E-state index in [1.807, 2.05) is 48.5 Å². The van der Waals surface area contributed by atoms with Crippen LogP contribution in [0.1, 0.15) is 23.4 Å². The minimum atomic E-state index is 0.329. The van der Waals surface area contributed by atoms with Crippen LogP contribution in [-0.2, 0) is 19.6 Å². The smallest absolute Gasteiger partial charge is 0.166 e. The molecule has 3 aromatic carbocycles. The molecule has 5 nitrogen and oxygen atoms in total. The van der Waals surface area contributed by atoms with Crippen LogP contribution in [0.15, 0.2) is 60.7 Å². The molecule has 0 saturated carbocycles. The van der Waals surface area contributed by atoms with Crippen molar-refractivity contribution in [3.8, 4) is 11.5 Å². The van der Waals surface area contributed by atoms with Crippen molar-refractivity contribution in [1.29, 1.82) is 0 Å². The number of ether oxygens (including phenoxy) is 2. The lowest BCUT2D eigenvalue weighted by atomic mass is 10.1. The van der Waals surface area contributed by atoms with Crippen molar-refractivity contribution in [2.75, 3.05) is 13.7 Å². The molecule has 0 amide bonds. The Balaban J connectivity index is 1.33. The molecule has 4 aromatic rings. The van der Waals surface area contributed by atoms with E-state index in [9.17, 15) is 0 Å². The average Bonchev–Trinajstić information content (AvgIpc) is 3.21. The van der Waals surface area contributed by atoms with E-state index in [-0.39, 0.29) is 0 Å². The van der Waals surface area contributed by atoms with E-state index in [0.29, 0.717) is 34.7 Å². The first-order chi connectivity index (χ1) is 15.6. The Bertz CT molecular complexity index is 1160. The quantitative estimate of drug-likeness (QED) is 0.272. The van der Waals surface area contributed by atoms with Crippen LogP contribution in [0.25, 0.3) is 11.0 Å². The highest BCUT2D eigenvalue weighted by molar-refractivity contribution is 6.35. The Hall–Kier alpha value is -2.73. The van der Waals surface area contributed by atoms with Crippen LogP contribution in [0.4, 0.5) is 0 Å². The maximum atomic E-state index is 6.29. The minimum Gasteiger partial charge on any atom is -0.493 e. The molecule has 0 aliphatic heterocycles. The first-order valence-corrected chi connectivity index (χ1v) is 11.3. The second-order valence-electron chi connectivity index (χ2n) is 7.45. The van der Waals surface area contributed by atoms with Crippen molar-refractivity contribution >= 4 is 34.2 Å². The first kappa shape index (κ1) is 22.5. The average molecular weight is 470 g/mol. The molecule has 0 atom stereocenters. The van der Waals surface area contributed by atoms with Gasteiger partial charge in [-0.2, -0.15) is 0 Å². The van der Waals surface area contributed by atoms with Crippen molar-refractivity contribution in [3.05, 3.63) is 87.7 Å². The molecule has 2 N–H and O–H groups in total. The molecule has 0 unspecified atom stereocenters. The Morgan fingerprint density at radius 3 is 2.69 bits per heavy atom. The van der Waals surface area contributed by atoms with E-state index in [1.54, 1.807) is 19.2 Å². The molecule has 7 heteroatoms. The fraction of sp³-hybridized carbons (Fsp3) is 0.240. The van der Waals surface area contributed by atoms with E-state index in [0.717, 1.165) is 47.4 Å². The van der Waals surface area contributed by atoms with Crippen molar-refractivity contribution in [1.82, 2.24) is 15.3 Å². The maximum absolute atomic E-state index is 6.29. The van der Waals surface area contributed by atoms with Crippen LogP contribution in [0.5, 0.6) is 11.5 Å². The van der Waals surface area contributed by atoms with Crippen molar-refractivity contribution in [2.45, 2.75) is 26.0 Å². The van der Waals surface area contributed by atoms with E-state index in [2.05, 4.69) is 15.3 Å². The molecule has 32 heavy (non-hydrogen) atoms. The number of nitrogens with one attached hydrogen (secondary N) is 2. The maximum Gasteiger partial charge on any atom is 0.166 e. The number of aryl methyl sites for hydroxylation is 1. The number of para-hydroxylation sites is 3. The molecule has 0 radical (unpaired) electrons. The number of hydrogen-bond acceptors (Lipinski definition) is 4. The third-order valence-electron chi connectivity index (χ3n) is 5.19. The van der Waals surface area contributed by atoms with Crippen LogP contribution in [0.2, 0.25) is 10.0 Å². The number of benzene rings is 3. The monoisotopic (exact) mass is 469 g/mol. The molecule has 0 aliphatic rings. The highest BCUT2D eigenvalue weighted by Crippen LogP contribution is 2.32. The van der Waals surface area contributed by atoms with Gasteiger partial charge in [0.2, 0.25) is 0 Å². The Labute approximate surface area is 197 Å². The zero-order valence-corrected chi connectivity index (χ0v) is 19.3. The molecule has 1 heterocycles. The summed E-state index contributed by atoms with van der Waals surface area (Å²) in [7, 11) is 1.64. The predicted octanol–water partition coefficient (Wildman–Crippen LogP) is 6.18. The fourth-order valence-electron chi connectivity index (χ4n) is 3.54. The molecule has 0 aliphatic carbocycles. The van der Waals surface area contributed by atoms with Gasteiger partial charge in [-0.25, -0.2) is 4.98 Å². The SMILES string of the molecule is COc1cccc(CNCCCc2nc3ccccc3[nH]2)c1OCc1ccc(Cl)cc1Cl. The number of rotatable bonds is 10. The summed E-state index contributed by atoms with van der Waals surface area (Å²) in [6, 6.07) is 19.4. The Morgan fingerprint density at radius 1 is 1.00 bits per heavy atom. The standard InChI is InChI=1S/C25H25Cl2N3O2/c1-31-23-9-4-6-17(25(23)32-16-18-11-12-19(26)14-20(18)27)15-28-13-5-10-24-29-21-7-2-3-8-22(21)30-24/h2-4,6-9,11-12,14,28H,5,10,13,15-16H2,1H3,(H,29,30). The van der Waals surface area contributed by atoms with E-state index in [1.165, 1.54) is 0 Å². The summed E-state index contributed by atoms with van der Waals surface area (Å²) in [4.78, 5) is 8.01. The van der Waals surface area contributed by atoms with Gasteiger partial charge >= 0.3 is 0 Å². The summed E-state index contributed by atoms with van der Waals surface area (Å²) in [5.74, 6) is 2.42. The van der Waals surface area contributed by atoms with Crippen LogP contribution in [0.3, 0.4) is 0 Å². The number of halogens is 2. The van der Waals surface area contributed by atoms with Gasteiger partial charge in [-0.05, 0) is 43.3 Å². The highest BCUT2D eigenvalue weighted by atomic mass is 35.5. The van der Waals surface area contributed by atoms with Gasteiger partial charge in [-0.3, -0.25) is 0 Å². The molecule has 0 spiro atoms. The number of aromatic nitrogens is 2. The Morgan fingerprint density at radius 2 is 1.88 bits per heavy atom. The molecule has 166 valence electrons. The summed E-state index contributed by atoms with van der Waals surface area (Å²) >= 11 is 12.3. The number of H-pyrrole nitrogens is 1. The van der Waals surface area contributed by atoms with Gasteiger partial charge in [-0.15, -0.1) is 0 Å². The van der Waals surface area contributed by atoms with Crippen molar-refractivity contribution < 1.29 is 9.47 Å². The lowest BCUT2D eigenvalue weighted by Crippen LogP contribution is -2.16. The van der Waals surface area contributed by atoms with Crippen molar-refractivity contribution in [3.63, 3.8) is 0 Å².